The molecule has 0 spiro atoms. The summed E-state index contributed by atoms with van der Waals surface area (Å²) in [5.41, 5.74) is 2.00. The van der Waals surface area contributed by atoms with Gasteiger partial charge in [0.2, 0.25) is 0 Å². The number of aryl methyl sites for hydroxylation is 2. The number of carbonyl (C=O) groups is 2. The fraction of sp³-hybridized carbons (Fsp3) is 0.250. The number of nitrogens with one attached hydrogen (secondary N) is 2. The molecule has 0 bridgehead atoms. The summed E-state index contributed by atoms with van der Waals surface area (Å²) in [5.74, 6) is 0.139. The maximum atomic E-state index is 11.7. The van der Waals surface area contributed by atoms with Gasteiger partial charge in [0.25, 0.3) is 11.8 Å². The van der Waals surface area contributed by atoms with Crippen LogP contribution >= 0.6 is 0 Å². The Morgan fingerprint density at radius 1 is 0.870 bits per heavy atom. The molecule has 7 nitrogen and oxygen atoms in total. The predicted octanol–water partition coefficient (Wildman–Crippen LogP) is 1.69. The third-order valence-corrected chi connectivity index (χ3v) is 2.82. The van der Waals surface area contributed by atoms with Gasteiger partial charge in [-0.2, -0.15) is 0 Å². The van der Waals surface area contributed by atoms with Crippen LogP contribution in [-0.2, 0) is 14.3 Å². The number of rotatable bonds is 6. The Morgan fingerprint density at radius 3 is 1.65 bits per heavy atom. The summed E-state index contributed by atoms with van der Waals surface area (Å²) >= 11 is 0. The van der Waals surface area contributed by atoms with Crippen molar-refractivity contribution in [2.75, 3.05) is 23.8 Å². The van der Waals surface area contributed by atoms with E-state index in [4.69, 9.17) is 4.74 Å². The van der Waals surface area contributed by atoms with Gasteiger partial charge >= 0.3 is 0 Å². The van der Waals surface area contributed by atoms with Crippen LogP contribution in [0.5, 0.6) is 0 Å². The molecule has 0 unspecified atom stereocenters. The smallest absolute Gasteiger partial charge is 0.251 e. The molecular formula is C16H18N4O3. The van der Waals surface area contributed by atoms with Crippen molar-refractivity contribution in [3.05, 3.63) is 47.8 Å². The van der Waals surface area contributed by atoms with Crippen LogP contribution in [0.15, 0.2) is 36.7 Å². The molecule has 7 heteroatoms. The van der Waals surface area contributed by atoms with Crippen LogP contribution in [0.2, 0.25) is 0 Å². The van der Waals surface area contributed by atoms with Crippen molar-refractivity contribution in [2.24, 2.45) is 0 Å². The number of pyridine rings is 2. The molecule has 2 N–H and O–H groups in total. The third-order valence-electron chi connectivity index (χ3n) is 2.82. The Labute approximate surface area is 134 Å². The van der Waals surface area contributed by atoms with Crippen molar-refractivity contribution >= 4 is 23.5 Å². The number of hydrogen-bond acceptors (Lipinski definition) is 5. The Balaban J connectivity index is 1.69. The number of anilines is 2. The number of hydrogen-bond donors (Lipinski definition) is 2. The Kier molecular flexibility index (Phi) is 5.76. The third kappa shape index (κ3) is 5.84. The lowest BCUT2D eigenvalue weighted by atomic mass is 10.3. The minimum atomic E-state index is -0.373. The summed E-state index contributed by atoms with van der Waals surface area (Å²) in [7, 11) is 0. The van der Waals surface area contributed by atoms with Crippen molar-refractivity contribution in [3.8, 4) is 0 Å². The highest BCUT2D eigenvalue weighted by molar-refractivity contribution is 5.92. The van der Waals surface area contributed by atoms with Gasteiger partial charge in [0.15, 0.2) is 0 Å². The zero-order valence-electron chi connectivity index (χ0n) is 13.0. The molecule has 2 heterocycles. The SMILES string of the molecule is Cc1ccc(NC(=O)COCC(=O)Nc2ccc(C)cn2)nc1. The van der Waals surface area contributed by atoms with Gasteiger partial charge in [-0.05, 0) is 37.1 Å². The summed E-state index contributed by atoms with van der Waals surface area (Å²) < 4.78 is 5.07. The van der Waals surface area contributed by atoms with E-state index in [0.717, 1.165) is 11.1 Å². The molecule has 0 saturated heterocycles. The zero-order chi connectivity index (χ0) is 16.7. The molecule has 0 aromatic carbocycles. The lowest BCUT2D eigenvalue weighted by Crippen LogP contribution is -2.24. The molecule has 0 aliphatic carbocycles. The number of amides is 2. The second kappa shape index (κ2) is 8.00. The Bertz CT molecular complexity index is 609. The van der Waals surface area contributed by atoms with Gasteiger partial charge in [0.1, 0.15) is 24.8 Å². The van der Waals surface area contributed by atoms with Crippen LogP contribution in [0.25, 0.3) is 0 Å². The fourth-order valence-electron chi connectivity index (χ4n) is 1.68. The molecule has 0 radical (unpaired) electrons. The summed E-state index contributed by atoms with van der Waals surface area (Å²) in [6.07, 6.45) is 3.30. The van der Waals surface area contributed by atoms with E-state index in [1.165, 1.54) is 0 Å². The average molecular weight is 314 g/mol. The Hall–Kier alpha value is -2.80. The van der Waals surface area contributed by atoms with E-state index < -0.39 is 0 Å². The van der Waals surface area contributed by atoms with E-state index in [-0.39, 0.29) is 25.0 Å². The number of aromatic nitrogens is 2. The normalized spacial score (nSPS) is 10.2. The molecule has 0 atom stereocenters. The molecular weight excluding hydrogens is 296 g/mol. The van der Waals surface area contributed by atoms with Gasteiger partial charge in [-0.15, -0.1) is 0 Å². The average Bonchev–Trinajstić information content (AvgIpc) is 2.52. The standard InChI is InChI=1S/C16H18N4O3/c1-11-3-5-13(17-7-11)19-15(21)9-23-10-16(22)20-14-6-4-12(2)8-18-14/h3-8H,9-10H2,1-2H3,(H,17,19,21)(H,18,20,22). The van der Waals surface area contributed by atoms with Crippen molar-refractivity contribution < 1.29 is 14.3 Å². The van der Waals surface area contributed by atoms with Gasteiger partial charge in [-0.25, -0.2) is 9.97 Å². The molecule has 2 amide bonds. The molecule has 23 heavy (non-hydrogen) atoms. The highest BCUT2D eigenvalue weighted by Crippen LogP contribution is 2.04. The van der Waals surface area contributed by atoms with Crippen molar-refractivity contribution in [1.82, 2.24) is 9.97 Å². The largest absolute Gasteiger partial charge is 0.362 e. The summed E-state index contributed by atoms with van der Waals surface area (Å²) in [4.78, 5) is 31.4. The van der Waals surface area contributed by atoms with Crippen LogP contribution in [0.3, 0.4) is 0 Å². The molecule has 0 fully saturated rings. The van der Waals surface area contributed by atoms with Crippen LogP contribution in [0.4, 0.5) is 11.6 Å². The minimum Gasteiger partial charge on any atom is -0.362 e. The highest BCUT2D eigenvalue weighted by atomic mass is 16.5. The monoisotopic (exact) mass is 314 g/mol. The molecule has 2 rings (SSSR count). The van der Waals surface area contributed by atoms with Crippen LogP contribution in [-0.4, -0.2) is 35.0 Å². The molecule has 0 saturated carbocycles. The molecule has 2 aromatic rings. The first kappa shape index (κ1) is 16.6. The zero-order valence-corrected chi connectivity index (χ0v) is 13.0. The van der Waals surface area contributed by atoms with Gasteiger partial charge < -0.3 is 15.4 Å². The van der Waals surface area contributed by atoms with E-state index >= 15 is 0 Å². The van der Waals surface area contributed by atoms with Crippen molar-refractivity contribution in [1.29, 1.82) is 0 Å². The van der Waals surface area contributed by atoms with Crippen LogP contribution in [0.1, 0.15) is 11.1 Å². The molecule has 2 aromatic heterocycles. The fourth-order valence-corrected chi connectivity index (χ4v) is 1.68. The summed E-state index contributed by atoms with van der Waals surface area (Å²) in [6, 6.07) is 7.07. The quantitative estimate of drug-likeness (QED) is 0.846. The van der Waals surface area contributed by atoms with Crippen molar-refractivity contribution in [2.45, 2.75) is 13.8 Å². The van der Waals surface area contributed by atoms with E-state index in [0.29, 0.717) is 11.6 Å². The molecule has 0 aliphatic heterocycles. The van der Waals surface area contributed by atoms with E-state index in [2.05, 4.69) is 20.6 Å². The van der Waals surface area contributed by atoms with Gasteiger partial charge in [-0.3, -0.25) is 9.59 Å². The van der Waals surface area contributed by atoms with Crippen LogP contribution in [0, 0.1) is 13.8 Å². The molecule has 120 valence electrons. The number of carbonyl (C=O) groups excluding carboxylic acids is 2. The lowest BCUT2D eigenvalue weighted by molar-refractivity contribution is -0.125. The Morgan fingerprint density at radius 2 is 1.30 bits per heavy atom. The lowest BCUT2D eigenvalue weighted by Gasteiger charge is -2.07. The van der Waals surface area contributed by atoms with E-state index in [9.17, 15) is 9.59 Å². The number of nitrogens with zero attached hydrogens (tertiary/aromatic N) is 2. The van der Waals surface area contributed by atoms with E-state index in [1.54, 1.807) is 24.5 Å². The maximum Gasteiger partial charge on any atom is 0.251 e. The highest BCUT2D eigenvalue weighted by Gasteiger charge is 2.07. The van der Waals surface area contributed by atoms with Crippen LogP contribution < -0.4 is 10.6 Å². The molecule has 0 aliphatic rings. The first-order valence-electron chi connectivity index (χ1n) is 7.06. The van der Waals surface area contributed by atoms with Gasteiger partial charge in [0, 0.05) is 12.4 Å². The second-order valence-electron chi connectivity index (χ2n) is 5.03. The summed E-state index contributed by atoms with van der Waals surface area (Å²) in [5, 5.41) is 5.16. The van der Waals surface area contributed by atoms with Crippen molar-refractivity contribution in [3.63, 3.8) is 0 Å². The van der Waals surface area contributed by atoms with Gasteiger partial charge in [-0.1, -0.05) is 12.1 Å². The number of ether oxygens (including phenoxy) is 1. The van der Waals surface area contributed by atoms with E-state index in [1.807, 2.05) is 26.0 Å². The van der Waals surface area contributed by atoms with Gasteiger partial charge in [0.05, 0.1) is 0 Å². The predicted molar refractivity (Wildman–Crippen MR) is 86.0 cm³/mol. The first-order valence-corrected chi connectivity index (χ1v) is 7.06. The first-order chi connectivity index (χ1) is 11.0. The minimum absolute atomic E-state index is 0.232. The topological polar surface area (TPSA) is 93.2 Å². The maximum absolute atomic E-state index is 11.7. The second-order valence-corrected chi connectivity index (χ2v) is 5.03. The summed E-state index contributed by atoms with van der Waals surface area (Å²) in [6.45, 7) is 3.35.